The lowest BCUT2D eigenvalue weighted by molar-refractivity contribution is -0.292. The van der Waals surface area contributed by atoms with Crippen molar-refractivity contribution in [2.75, 3.05) is 36.8 Å². The van der Waals surface area contributed by atoms with Crippen LogP contribution in [-0.2, 0) is 5.92 Å². The maximum Gasteiger partial charge on any atom is 0.461 e. The third-order valence-corrected chi connectivity index (χ3v) is 4.56. The second-order valence-electron chi connectivity index (χ2n) is 6.53. The van der Waals surface area contributed by atoms with E-state index in [2.05, 4.69) is 40.6 Å². The number of rotatable bonds is 4. The normalized spacial score (nSPS) is 17.8. The van der Waals surface area contributed by atoms with E-state index in [-0.39, 0.29) is 11.5 Å². The molecule has 0 atom stereocenters. The summed E-state index contributed by atoms with van der Waals surface area (Å²) in [5, 5.41) is 0. The molecule has 0 aromatic carbocycles. The molecule has 1 saturated heterocycles. The first kappa shape index (κ1) is 19.5. The molecular formula is C14H21F5N6. The molecule has 0 saturated carbocycles. The van der Waals surface area contributed by atoms with Gasteiger partial charge in [0.2, 0.25) is 17.7 Å². The van der Waals surface area contributed by atoms with Gasteiger partial charge in [-0.05, 0) is 20.3 Å². The molecule has 0 bridgehead atoms. The van der Waals surface area contributed by atoms with Crippen LogP contribution in [0.1, 0.15) is 33.0 Å². The van der Waals surface area contributed by atoms with E-state index in [1.807, 2.05) is 0 Å². The van der Waals surface area contributed by atoms with E-state index in [1.165, 1.54) is 4.90 Å². The number of alkyl halides is 5. The summed E-state index contributed by atoms with van der Waals surface area (Å²) in [7, 11) is 0. The third-order valence-electron chi connectivity index (χ3n) is 4.56. The first-order chi connectivity index (χ1) is 11.4. The molecular weight excluding hydrogens is 347 g/mol. The molecule has 1 fully saturated rings. The van der Waals surface area contributed by atoms with Crippen molar-refractivity contribution in [2.24, 2.45) is 0 Å². The van der Waals surface area contributed by atoms with E-state index in [4.69, 9.17) is 5.73 Å². The molecule has 2 rings (SSSR count). The number of nitrogens with two attached hydrogens (primary N) is 1. The fourth-order valence-corrected chi connectivity index (χ4v) is 2.52. The second-order valence-corrected chi connectivity index (χ2v) is 6.53. The standard InChI is InChI=1S/C14H21F5N6/c1-4-12(2,3)25-7-5-24(6-8-25)11-22-9(21-10(20)23-11)13(15,16)14(17,18)19/h4-8H2,1-3H3,(H2,20,21,22,23). The molecule has 1 aliphatic heterocycles. The Kier molecular flexibility index (Phi) is 5.08. The van der Waals surface area contributed by atoms with Crippen molar-refractivity contribution in [1.29, 1.82) is 0 Å². The number of hydrogen-bond acceptors (Lipinski definition) is 6. The molecule has 25 heavy (non-hydrogen) atoms. The summed E-state index contributed by atoms with van der Waals surface area (Å²) in [4.78, 5) is 13.8. The van der Waals surface area contributed by atoms with Gasteiger partial charge in [-0.15, -0.1) is 0 Å². The summed E-state index contributed by atoms with van der Waals surface area (Å²) in [6.45, 7) is 8.24. The third kappa shape index (κ3) is 3.91. The minimum absolute atomic E-state index is 0.0291. The predicted molar refractivity (Wildman–Crippen MR) is 82.3 cm³/mol. The van der Waals surface area contributed by atoms with E-state index >= 15 is 0 Å². The van der Waals surface area contributed by atoms with Crippen LogP contribution in [0.4, 0.5) is 33.8 Å². The Morgan fingerprint density at radius 3 is 2.00 bits per heavy atom. The van der Waals surface area contributed by atoms with E-state index < -0.39 is 23.9 Å². The highest BCUT2D eigenvalue weighted by atomic mass is 19.4. The molecule has 0 amide bonds. The van der Waals surface area contributed by atoms with Crippen molar-refractivity contribution in [1.82, 2.24) is 19.9 Å². The van der Waals surface area contributed by atoms with Gasteiger partial charge in [0.05, 0.1) is 0 Å². The van der Waals surface area contributed by atoms with Crippen LogP contribution >= 0.6 is 0 Å². The lowest BCUT2D eigenvalue weighted by Gasteiger charge is -2.43. The van der Waals surface area contributed by atoms with Crippen LogP contribution in [0.25, 0.3) is 0 Å². The molecule has 0 unspecified atom stereocenters. The smallest absolute Gasteiger partial charge is 0.368 e. The Morgan fingerprint density at radius 1 is 0.960 bits per heavy atom. The highest BCUT2D eigenvalue weighted by molar-refractivity contribution is 5.36. The molecule has 0 radical (unpaired) electrons. The fraction of sp³-hybridized carbons (Fsp3) is 0.786. The van der Waals surface area contributed by atoms with Crippen LogP contribution < -0.4 is 10.6 Å². The lowest BCUT2D eigenvalue weighted by atomic mass is 9.98. The Morgan fingerprint density at radius 2 is 1.52 bits per heavy atom. The molecule has 11 heteroatoms. The number of halogens is 5. The molecule has 0 spiro atoms. The number of nitrogens with zero attached hydrogens (tertiary/aromatic N) is 5. The Bertz CT molecular complexity index is 610. The van der Waals surface area contributed by atoms with E-state index in [0.29, 0.717) is 26.2 Å². The molecule has 1 aliphatic rings. The summed E-state index contributed by atoms with van der Waals surface area (Å²) < 4.78 is 64.6. The predicted octanol–water partition coefficient (Wildman–Crippen LogP) is 2.42. The molecule has 1 aromatic rings. The number of hydrogen-bond donors (Lipinski definition) is 1. The average Bonchev–Trinajstić information content (AvgIpc) is 2.53. The monoisotopic (exact) mass is 368 g/mol. The topological polar surface area (TPSA) is 71.2 Å². The van der Waals surface area contributed by atoms with E-state index in [1.54, 1.807) is 0 Å². The average molecular weight is 368 g/mol. The van der Waals surface area contributed by atoms with Crippen LogP contribution in [0.2, 0.25) is 0 Å². The molecule has 6 nitrogen and oxygen atoms in total. The summed E-state index contributed by atoms with van der Waals surface area (Å²) in [5.74, 6) is -7.80. The van der Waals surface area contributed by atoms with E-state index in [9.17, 15) is 22.0 Å². The Balaban J connectivity index is 2.22. The van der Waals surface area contributed by atoms with Gasteiger partial charge in [-0.1, -0.05) is 6.92 Å². The quantitative estimate of drug-likeness (QED) is 0.823. The van der Waals surface area contributed by atoms with Gasteiger partial charge in [-0.25, -0.2) is 0 Å². The van der Waals surface area contributed by atoms with Crippen LogP contribution in [0.15, 0.2) is 0 Å². The van der Waals surface area contributed by atoms with Gasteiger partial charge >= 0.3 is 12.1 Å². The zero-order valence-electron chi connectivity index (χ0n) is 14.2. The molecule has 1 aromatic heterocycles. The minimum Gasteiger partial charge on any atom is -0.368 e. The summed E-state index contributed by atoms with van der Waals surface area (Å²) in [5.41, 5.74) is 5.30. The zero-order valence-corrected chi connectivity index (χ0v) is 14.2. The first-order valence-electron chi connectivity index (χ1n) is 7.85. The van der Waals surface area contributed by atoms with Gasteiger partial charge in [0.25, 0.3) is 0 Å². The zero-order chi connectivity index (χ0) is 19.0. The van der Waals surface area contributed by atoms with Crippen LogP contribution in [0.3, 0.4) is 0 Å². The number of anilines is 2. The second kappa shape index (κ2) is 6.50. The minimum atomic E-state index is -5.80. The van der Waals surface area contributed by atoms with Gasteiger partial charge in [0.15, 0.2) is 0 Å². The van der Waals surface area contributed by atoms with Crippen LogP contribution in [0, 0.1) is 0 Å². The maximum absolute atomic E-state index is 13.5. The maximum atomic E-state index is 13.5. The Labute approximate surface area is 142 Å². The molecule has 2 N–H and O–H groups in total. The summed E-state index contributed by atoms with van der Waals surface area (Å²) in [6, 6.07) is 0. The molecule has 2 heterocycles. The van der Waals surface area contributed by atoms with E-state index in [0.717, 1.165) is 6.42 Å². The number of piperazine rings is 1. The van der Waals surface area contributed by atoms with Crippen molar-refractivity contribution < 1.29 is 22.0 Å². The first-order valence-corrected chi connectivity index (χ1v) is 7.85. The summed E-state index contributed by atoms with van der Waals surface area (Å²) >= 11 is 0. The van der Waals surface area contributed by atoms with Crippen LogP contribution in [-0.4, -0.2) is 57.7 Å². The van der Waals surface area contributed by atoms with Crippen molar-refractivity contribution in [3.8, 4) is 0 Å². The SMILES string of the molecule is CCC(C)(C)N1CCN(c2nc(N)nc(C(F)(F)C(F)(F)F)n2)CC1. The van der Waals surface area contributed by atoms with Gasteiger partial charge in [0, 0.05) is 31.7 Å². The van der Waals surface area contributed by atoms with Gasteiger partial charge in [0.1, 0.15) is 0 Å². The van der Waals surface area contributed by atoms with Gasteiger partial charge < -0.3 is 10.6 Å². The Hall–Kier alpha value is -1.78. The fourth-order valence-electron chi connectivity index (χ4n) is 2.52. The largest absolute Gasteiger partial charge is 0.461 e. The van der Waals surface area contributed by atoms with Crippen LogP contribution in [0.5, 0.6) is 0 Å². The molecule has 142 valence electrons. The van der Waals surface area contributed by atoms with Crippen molar-refractivity contribution in [3.05, 3.63) is 5.82 Å². The van der Waals surface area contributed by atoms with Crippen molar-refractivity contribution in [2.45, 2.75) is 44.8 Å². The van der Waals surface area contributed by atoms with Gasteiger partial charge in [-0.2, -0.15) is 36.9 Å². The van der Waals surface area contributed by atoms with Gasteiger partial charge in [-0.3, -0.25) is 4.90 Å². The lowest BCUT2D eigenvalue weighted by Crippen LogP contribution is -2.54. The number of aromatic nitrogens is 3. The summed E-state index contributed by atoms with van der Waals surface area (Å²) in [6.07, 6.45) is -4.88. The van der Waals surface area contributed by atoms with Crippen molar-refractivity contribution >= 4 is 11.9 Å². The highest BCUT2D eigenvalue weighted by Gasteiger charge is 2.61. The van der Waals surface area contributed by atoms with Crippen molar-refractivity contribution in [3.63, 3.8) is 0 Å². The highest BCUT2D eigenvalue weighted by Crippen LogP contribution is 2.42. The molecule has 0 aliphatic carbocycles. The number of nitrogen functional groups attached to an aromatic ring is 1.